The van der Waals surface area contributed by atoms with Crippen LogP contribution >= 0.6 is 0 Å². The molecule has 1 N–H and O–H groups in total. The Morgan fingerprint density at radius 1 is 1.06 bits per heavy atom. The topological polar surface area (TPSA) is 85.7 Å². The first kappa shape index (κ1) is 22.7. The lowest BCUT2D eigenvalue weighted by atomic mass is 10.3. The number of ether oxygens (including phenoxy) is 2. The van der Waals surface area contributed by atoms with Gasteiger partial charge in [-0.2, -0.15) is 0 Å². The van der Waals surface area contributed by atoms with Gasteiger partial charge in [0.25, 0.3) is 0 Å². The number of morpholine rings is 1. The maximum atomic E-state index is 12.7. The number of sulfonamides is 1. The maximum Gasteiger partial charge on any atom is 0.240 e. The number of benzene rings is 2. The lowest BCUT2D eigenvalue weighted by Crippen LogP contribution is -2.38. The standard InChI is InChI=1S/C23H30N4O4S/c1-2-31-19-7-9-20(10-8-19)32(28,29)24-12-11-23-25-21-5-3-4-6-22(21)27(23)14-13-26-15-17-30-18-16-26/h3-10,24H,2,11-18H2,1H3. The van der Waals surface area contributed by atoms with Crippen molar-refractivity contribution in [1.29, 1.82) is 0 Å². The van der Waals surface area contributed by atoms with Gasteiger partial charge in [0.05, 0.1) is 35.7 Å². The van der Waals surface area contributed by atoms with Crippen LogP contribution in [0.5, 0.6) is 5.75 Å². The second-order valence-electron chi connectivity index (χ2n) is 7.67. The van der Waals surface area contributed by atoms with Crippen molar-refractivity contribution in [3.8, 4) is 5.75 Å². The Bertz CT molecular complexity index is 1120. The quantitative estimate of drug-likeness (QED) is 0.502. The summed E-state index contributed by atoms with van der Waals surface area (Å²) in [5, 5.41) is 0. The molecule has 0 unspecified atom stereocenters. The van der Waals surface area contributed by atoms with Crippen molar-refractivity contribution >= 4 is 21.1 Å². The molecule has 172 valence electrons. The highest BCUT2D eigenvalue weighted by Crippen LogP contribution is 2.18. The fourth-order valence-corrected chi connectivity index (χ4v) is 4.93. The predicted octanol–water partition coefficient (Wildman–Crippen LogP) is 2.29. The third-order valence-electron chi connectivity index (χ3n) is 5.56. The van der Waals surface area contributed by atoms with Crippen molar-refractivity contribution < 1.29 is 17.9 Å². The lowest BCUT2D eigenvalue weighted by Gasteiger charge is -2.27. The highest BCUT2D eigenvalue weighted by Gasteiger charge is 2.17. The van der Waals surface area contributed by atoms with E-state index in [1.807, 2.05) is 25.1 Å². The third-order valence-corrected chi connectivity index (χ3v) is 7.04. The van der Waals surface area contributed by atoms with Gasteiger partial charge in [0.2, 0.25) is 10.0 Å². The normalized spacial score (nSPS) is 15.3. The van der Waals surface area contributed by atoms with Crippen LogP contribution in [0.4, 0.5) is 0 Å². The van der Waals surface area contributed by atoms with Gasteiger partial charge in [0.15, 0.2) is 0 Å². The highest BCUT2D eigenvalue weighted by molar-refractivity contribution is 7.89. The van der Waals surface area contributed by atoms with E-state index in [2.05, 4.69) is 20.3 Å². The molecule has 0 amide bonds. The zero-order chi connectivity index (χ0) is 22.4. The number of imidazole rings is 1. The summed E-state index contributed by atoms with van der Waals surface area (Å²) in [6, 6.07) is 14.5. The molecule has 1 aliphatic heterocycles. The van der Waals surface area contributed by atoms with E-state index in [0.717, 1.165) is 56.3 Å². The number of hydrogen-bond acceptors (Lipinski definition) is 6. The Balaban J connectivity index is 1.43. The van der Waals surface area contributed by atoms with Gasteiger partial charge in [-0.1, -0.05) is 12.1 Å². The lowest BCUT2D eigenvalue weighted by molar-refractivity contribution is 0.0364. The zero-order valence-electron chi connectivity index (χ0n) is 18.4. The number of hydrogen-bond donors (Lipinski definition) is 1. The van der Waals surface area contributed by atoms with Crippen molar-refractivity contribution in [2.45, 2.75) is 24.8 Å². The van der Waals surface area contributed by atoms with Gasteiger partial charge in [-0.3, -0.25) is 4.90 Å². The summed E-state index contributed by atoms with van der Waals surface area (Å²) in [4.78, 5) is 7.38. The van der Waals surface area contributed by atoms with E-state index < -0.39 is 10.0 Å². The molecular formula is C23H30N4O4S. The summed E-state index contributed by atoms with van der Waals surface area (Å²) in [6.07, 6.45) is 0.508. The molecule has 0 saturated carbocycles. The van der Waals surface area contributed by atoms with Gasteiger partial charge in [-0.15, -0.1) is 0 Å². The number of nitrogens with zero attached hydrogens (tertiary/aromatic N) is 3. The maximum absolute atomic E-state index is 12.7. The average Bonchev–Trinajstić information content (AvgIpc) is 3.16. The van der Waals surface area contributed by atoms with Crippen LogP contribution < -0.4 is 9.46 Å². The summed E-state index contributed by atoms with van der Waals surface area (Å²) >= 11 is 0. The first-order chi connectivity index (χ1) is 15.6. The molecule has 3 aromatic rings. The minimum absolute atomic E-state index is 0.224. The Hall–Kier alpha value is -2.46. The Labute approximate surface area is 189 Å². The number of aromatic nitrogens is 2. The van der Waals surface area contributed by atoms with E-state index in [9.17, 15) is 8.42 Å². The highest BCUT2D eigenvalue weighted by atomic mass is 32.2. The van der Waals surface area contributed by atoms with Crippen molar-refractivity contribution in [2.24, 2.45) is 0 Å². The molecule has 0 radical (unpaired) electrons. The summed E-state index contributed by atoms with van der Waals surface area (Å²) in [5.74, 6) is 1.54. The molecule has 2 heterocycles. The fraction of sp³-hybridized carbons (Fsp3) is 0.435. The molecular weight excluding hydrogens is 428 g/mol. The molecule has 0 atom stereocenters. The number of fused-ring (bicyclic) bond motifs is 1. The van der Waals surface area contributed by atoms with Gasteiger partial charge in [-0.05, 0) is 43.3 Å². The molecule has 1 aromatic heterocycles. The number of para-hydroxylation sites is 2. The monoisotopic (exact) mass is 458 g/mol. The van der Waals surface area contributed by atoms with Gasteiger partial charge in [0, 0.05) is 39.1 Å². The summed E-state index contributed by atoms with van der Waals surface area (Å²) in [7, 11) is -3.60. The molecule has 1 saturated heterocycles. The van der Waals surface area contributed by atoms with Crippen molar-refractivity contribution in [2.75, 3.05) is 46.0 Å². The number of nitrogens with one attached hydrogen (secondary N) is 1. The second-order valence-corrected chi connectivity index (χ2v) is 9.44. The van der Waals surface area contributed by atoms with Crippen molar-refractivity contribution in [3.63, 3.8) is 0 Å². The van der Waals surface area contributed by atoms with E-state index in [1.165, 1.54) is 0 Å². The van der Waals surface area contributed by atoms with Crippen LogP contribution in [0, 0.1) is 0 Å². The van der Waals surface area contributed by atoms with Crippen LogP contribution in [0.2, 0.25) is 0 Å². The smallest absolute Gasteiger partial charge is 0.240 e. The zero-order valence-corrected chi connectivity index (χ0v) is 19.2. The number of rotatable bonds is 10. The van der Waals surface area contributed by atoms with Gasteiger partial charge >= 0.3 is 0 Å². The first-order valence-corrected chi connectivity index (χ1v) is 12.5. The summed E-state index contributed by atoms with van der Waals surface area (Å²) in [5.41, 5.74) is 2.00. The molecule has 0 aliphatic carbocycles. The van der Waals surface area contributed by atoms with Crippen LogP contribution in [0.15, 0.2) is 53.4 Å². The molecule has 4 rings (SSSR count). The minimum Gasteiger partial charge on any atom is -0.494 e. The molecule has 8 nitrogen and oxygen atoms in total. The molecule has 1 aliphatic rings. The third kappa shape index (κ3) is 5.47. The van der Waals surface area contributed by atoms with Crippen LogP contribution in [0.3, 0.4) is 0 Å². The van der Waals surface area contributed by atoms with E-state index in [4.69, 9.17) is 14.5 Å². The van der Waals surface area contributed by atoms with E-state index in [1.54, 1.807) is 24.3 Å². The van der Waals surface area contributed by atoms with Crippen LogP contribution in [0.1, 0.15) is 12.7 Å². The average molecular weight is 459 g/mol. The molecule has 0 bridgehead atoms. The predicted molar refractivity (Wildman–Crippen MR) is 123 cm³/mol. The summed E-state index contributed by atoms with van der Waals surface area (Å²) < 4.78 is 41.1. The van der Waals surface area contributed by atoms with Gasteiger partial charge in [-0.25, -0.2) is 18.1 Å². The molecule has 0 spiro atoms. The molecule has 2 aromatic carbocycles. The Morgan fingerprint density at radius 3 is 2.56 bits per heavy atom. The first-order valence-electron chi connectivity index (χ1n) is 11.0. The van der Waals surface area contributed by atoms with Crippen molar-refractivity contribution in [3.05, 3.63) is 54.4 Å². The summed E-state index contributed by atoms with van der Waals surface area (Å²) in [6.45, 7) is 7.83. The van der Waals surface area contributed by atoms with Crippen LogP contribution in [0.25, 0.3) is 11.0 Å². The minimum atomic E-state index is -3.60. The Morgan fingerprint density at radius 2 is 1.81 bits per heavy atom. The van der Waals surface area contributed by atoms with Crippen LogP contribution in [-0.4, -0.2) is 68.9 Å². The second kappa shape index (κ2) is 10.4. The SMILES string of the molecule is CCOc1ccc(S(=O)(=O)NCCc2nc3ccccc3n2CCN2CCOCC2)cc1. The van der Waals surface area contributed by atoms with Gasteiger partial charge < -0.3 is 14.0 Å². The van der Waals surface area contributed by atoms with E-state index in [0.29, 0.717) is 18.8 Å². The van der Waals surface area contributed by atoms with E-state index in [-0.39, 0.29) is 11.4 Å². The van der Waals surface area contributed by atoms with Gasteiger partial charge in [0.1, 0.15) is 11.6 Å². The van der Waals surface area contributed by atoms with E-state index >= 15 is 0 Å². The van der Waals surface area contributed by atoms with Crippen LogP contribution in [-0.2, 0) is 27.7 Å². The largest absolute Gasteiger partial charge is 0.494 e. The Kier molecular flexibility index (Phi) is 7.41. The molecule has 1 fully saturated rings. The molecule has 32 heavy (non-hydrogen) atoms. The fourth-order valence-electron chi connectivity index (χ4n) is 3.89. The van der Waals surface area contributed by atoms with Crippen molar-refractivity contribution in [1.82, 2.24) is 19.2 Å². The molecule has 9 heteroatoms.